The molecule has 74 valence electrons. The molecule has 0 spiro atoms. The smallest absolute Gasteiger partial charge is 0.0679 e. The molecule has 0 aromatic heterocycles. The van der Waals surface area contributed by atoms with Crippen LogP contribution in [0.3, 0.4) is 0 Å². The number of hydrogen-bond acceptors (Lipinski definition) is 2. The van der Waals surface area contributed by atoms with E-state index in [-0.39, 0.29) is 17.9 Å². The zero-order chi connectivity index (χ0) is 10.6. The summed E-state index contributed by atoms with van der Waals surface area (Å²) in [7, 11) is 0. The first-order chi connectivity index (χ1) is 5.91. The minimum atomic E-state index is -0.113. The van der Waals surface area contributed by atoms with Crippen molar-refractivity contribution in [3.05, 3.63) is 12.2 Å². The average molecular weight is 180 g/mol. The van der Waals surface area contributed by atoms with Crippen molar-refractivity contribution in [3.8, 4) is 6.07 Å². The molecule has 2 nitrogen and oxygen atoms in total. The predicted molar refractivity (Wildman–Crippen MR) is 55.9 cm³/mol. The molecule has 2 heteroatoms. The van der Waals surface area contributed by atoms with Crippen LogP contribution in [0.5, 0.6) is 0 Å². The maximum atomic E-state index is 8.99. The van der Waals surface area contributed by atoms with Crippen LogP contribution >= 0.6 is 0 Å². The molecule has 0 saturated heterocycles. The third-order valence-corrected chi connectivity index (χ3v) is 2.39. The van der Waals surface area contributed by atoms with Gasteiger partial charge in [-0.3, -0.25) is 0 Å². The van der Waals surface area contributed by atoms with Crippen molar-refractivity contribution < 1.29 is 0 Å². The van der Waals surface area contributed by atoms with Gasteiger partial charge in [0.1, 0.15) is 0 Å². The SMILES string of the molecule is C=C(C)C(C(C)C)C(C#N)C(C)N. The highest BCUT2D eigenvalue weighted by molar-refractivity contribution is 5.08. The lowest BCUT2D eigenvalue weighted by molar-refractivity contribution is 0.320. The number of nitriles is 1. The first-order valence-corrected chi connectivity index (χ1v) is 4.72. The average Bonchev–Trinajstić information content (AvgIpc) is 1.97. The molecule has 0 aromatic rings. The van der Waals surface area contributed by atoms with Crippen molar-refractivity contribution in [2.24, 2.45) is 23.5 Å². The number of nitrogens with two attached hydrogens (primary N) is 1. The third kappa shape index (κ3) is 3.20. The summed E-state index contributed by atoms with van der Waals surface area (Å²) in [6.45, 7) is 12.0. The number of allylic oxidation sites excluding steroid dienone is 1. The van der Waals surface area contributed by atoms with Crippen molar-refractivity contribution in [1.29, 1.82) is 5.26 Å². The van der Waals surface area contributed by atoms with E-state index >= 15 is 0 Å². The van der Waals surface area contributed by atoms with Gasteiger partial charge in [0.25, 0.3) is 0 Å². The molecule has 0 aliphatic heterocycles. The third-order valence-electron chi connectivity index (χ3n) is 2.39. The van der Waals surface area contributed by atoms with Gasteiger partial charge in [0.15, 0.2) is 0 Å². The van der Waals surface area contributed by atoms with Crippen LogP contribution in [0.4, 0.5) is 0 Å². The van der Waals surface area contributed by atoms with Crippen LogP contribution in [-0.2, 0) is 0 Å². The van der Waals surface area contributed by atoms with Crippen molar-refractivity contribution in [2.45, 2.75) is 33.7 Å². The summed E-state index contributed by atoms with van der Waals surface area (Å²) >= 11 is 0. The van der Waals surface area contributed by atoms with Gasteiger partial charge in [0.05, 0.1) is 12.0 Å². The van der Waals surface area contributed by atoms with Gasteiger partial charge in [0.2, 0.25) is 0 Å². The summed E-state index contributed by atoms with van der Waals surface area (Å²) < 4.78 is 0. The second-order valence-electron chi connectivity index (χ2n) is 4.13. The Bertz CT molecular complexity index is 211. The van der Waals surface area contributed by atoms with Gasteiger partial charge < -0.3 is 5.73 Å². The molecule has 0 rings (SSSR count). The van der Waals surface area contributed by atoms with Crippen molar-refractivity contribution in [3.63, 3.8) is 0 Å². The quantitative estimate of drug-likeness (QED) is 0.675. The molecule has 0 heterocycles. The van der Waals surface area contributed by atoms with E-state index in [1.54, 1.807) is 0 Å². The van der Waals surface area contributed by atoms with Gasteiger partial charge in [-0.05, 0) is 25.7 Å². The van der Waals surface area contributed by atoms with Crippen LogP contribution in [-0.4, -0.2) is 6.04 Å². The van der Waals surface area contributed by atoms with Crippen molar-refractivity contribution in [1.82, 2.24) is 0 Å². The maximum Gasteiger partial charge on any atom is 0.0679 e. The Labute approximate surface area is 81.4 Å². The normalized spacial score (nSPS) is 17.6. The second-order valence-corrected chi connectivity index (χ2v) is 4.13. The Morgan fingerprint density at radius 3 is 1.92 bits per heavy atom. The standard InChI is InChI=1S/C11H20N2/c1-7(2)11(8(3)4)10(6-12)9(5)13/h8-11H,1,13H2,2-5H3. The molecule has 13 heavy (non-hydrogen) atoms. The molecule has 0 aromatic carbocycles. The molecular weight excluding hydrogens is 160 g/mol. The molecular formula is C11H20N2. The minimum Gasteiger partial charge on any atom is -0.327 e. The van der Waals surface area contributed by atoms with E-state index in [1.165, 1.54) is 0 Å². The van der Waals surface area contributed by atoms with Gasteiger partial charge >= 0.3 is 0 Å². The monoisotopic (exact) mass is 180 g/mol. The van der Waals surface area contributed by atoms with Gasteiger partial charge in [-0.15, -0.1) is 0 Å². The summed E-state index contributed by atoms with van der Waals surface area (Å²) in [6, 6.07) is 2.19. The zero-order valence-electron chi connectivity index (χ0n) is 9.04. The molecule has 0 bridgehead atoms. The fourth-order valence-corrected chi connectivity index (χ4v) is 1.82. The molecule has 2 N–H and O–H groups in total. The molecule has 0 aliphatic rings. The zero-order valence-corrected chi connectivity index (χ0v) is 9.04. The molecule has 3 atom stereocenters. The number of rotatable bonds is 4. The van der Waals surface area contributed by atoms with Gasteiger partial charge in [0, 0.05) is 6.04 Å². The summed E-state index contributed by atoms with van der Waals surface area (Å²) in [6.07, 6.45) is 0. The van der Waals surface area contributed by atoms with Crippen LogP contribution in [0, 0.1) is 29.1 Å². The van der Waals surface area contributed by atoms with E-state index in [0.29, 0.717) is 5.92 Å². The lowest BCUT2D eigenvalue weighted by Crippen LogP contribution is -2.34. The van der Waals surface area contributed by atoms with Crippen LogP contribution in [0.2, 0.25) is 0 Å². The van der Waals surface area contributed by atoms with Crippen molar-refractivity contribution >= 4 is 0 Å². The van der Waals surface area contributed by atoms with Crippen LogP contribution in [0.15, 0.2) is 12.2 Å². The number of nitrogens with zero attached hydrogens (tertiary/aromatic N) is 1. The Balaban J connectivity index is 4.72. The fraction of sp³-hybridized carbons (Fsp3) is 0.727. The van der Waals surface area contributed by atoms with Crippen LogP contribution in [0.25, 0.3) is 0 Å². The Kier molecular flexibility index (Phi) is 4.72. The first kappa shape index (κ1) is 12.2. The second kappa shape index (κ2) is 5.04. The minimum absolute atomic E-state index is 0.0888. The largest absolute Gasteiger partial charge is 0.327 e. The topological polar surface area (TPSA) is 49.8 Å². The van der Waals surface area contributed by atoms with Crippen molar-refractivity contribution in [2.75, 3.05) is 0 Å². The summed E-state index contributed by atoms with van der Waals surface area (Å²) in [5, 5.41) is 8.99. The van der Waals surface area contributed by atoms with E-state index in [0.717, 1.165) is 5.57 Å². The lowest BCUT2D eigenvalue weighted by Gasteiger charge is -2.28. The van der Waals surface area contributed by atoms with Gasteiger partial charge in [-0.1, -0.05) is 26.0 Å². The van der Waals surface area contributed by atoms with Gasteiger partial charge in [-0.2, -0.15) is 5.26 Å². The lowest BCUT2D eigenvalue weighted by atomic mass is 9.77. The summed E-state index contributed by atoms with van der Waals surface area (Å²) in [5.41, 5.74) is 6.81. The first-order valence-electron chi connectivity index (χ1n) is 4.72. The summed E-state index contributed by atoms with van der Waals surface area (Å²) in [5.74, 6) is 0.524. The Morgan fingerprint density at radius 2 is 1.85 bits per heavy atom. The Morgan fingerprint density at radius 1 is 1.38 bits per heavy atom. The van der Waals surface area contributed by atoms with E-state index in [1.807, 2.05) is 13.8 Å². The highest BCUT2D eigenvalue weighted by Crippen LogP contribution is 2.28. The molecule has 0 amide bonds. The highest BCUT2D eigenvalue weighted by Gasteiger charge is 2.27. The predicted octanol–water partition coefficient (Wildman–Crippen LogP) is 2.32. The molecule has 0 aliphatic carbocycles. The fourth-order valence-electron chi connectivity index (χ4n) is 1.82. The van der Waals surface area contributed by atoms with Crippen LogP contribution < -0.4 is 5.73 Å². The molecule has 0 fully saturated rings. The highest BCUT2D eigenvalue weighted by atomic mass is 14.6. The Hall–Kier alpha value is -0.810. The van der Waals surface area contributed by atoms with Gasteiger partial charge in [-0.25, -0.2) is 0 Å². The molecule has 0 radical (unpaired) electrons. The summed E-state index contributed by atoms with van der Waals surface area (Å²) in [4.78, 5) is 0. The van der Waals surface area contributed by atoms with E-state index < -0.39 is 0 Å². The van der Waals surface area contributed by atoms with Crippen LogP contribution in [0.1, 0.15) is 27.7 Å². The van der Waals surface area contributed by atoms with E-state index in [4.69, 9.17) is 11.0 Å². The molecule has 3 unspecified atom stereocenters. The molecule has 0 saturated carbocycles. The maximum absolute atomic E-state index is 8.99. The van der Waals surface area contributed by atoms with E-state index in [9.17, 15) is 0 Å². The number of hydrogen-bond donors (Lipinski definition) is 1. The van der Waals surface area contributed by atoms with E-state index in [2.05, 4.69) is 26.5 Å².